The van der Waals surface area contributed by atoms with Crippen molar-refractivity contribution in [2.24, 2.45) is 0 Å². The molecule has 4 rings (SSSR count). The first-order chi connectivity index (χ1) is 13.4. The molecule has 0 aliphatic rings. The molecule has 0 saturated carbocycles. The summed E-state index contributed by atoms with van der Waals surface area (Å²) in [4.78, 5) is 0.435. The quantitative estimate of drug-likeness (QED) is 0.425. The summed E-state index contributed by atoms with van der Waals surface area (Å²) in [7, 11) is 1.65. The van der Waals surface area contributed by atoms with Crippen molar-refractivity contribution in [2.45, 2.75) is 25.7 Å². The van der Waals surface area contributed by atoms with Gasteiger partial charge in [0.05, 0.1) is 12.0 Å². The predicted molar refractivity (Wildman–Crippen MR) is 117 cm³/mol. The lowest BCUT2D eigenvalue weighted by Gasteiger charge is -2.20. The normalized spacial score (nSPS) is 12.5. The molecule has 4 aromatic carbocycles. The second-order valence-electron chi connectivity index (χ2n) is 7.19. The molecular weight excluding hydrogens is 368 g/mol. The highest BCUT2D eigenvalue weighted by Crippen LogP contribution is 2.46. The van der Waals surface area contributed by atoms with Gasteiger partial charge in [0.15, 0.2) is 11.1 Å². The zero-order chi connectivity index (χ0) is 20.0. The molecule has 1 atom stereocenters. The van der Waals surface area contributed by atoms with Crippen molar-refractivity contribution in [3.63, 3.8) is 0 Å². The van der Waals surface area contributed by atoms with E-state index in [1.807, 2.05) is 44.2 Å². The standard InChI is InChI=1S/C24H22O3S/c1-14-9-10-20-18(11-14)12-15(2)23(27-4)21(20)22-19-8-6-5-7-17(19)13-16(3)24(22)28(25)26/h5-13H,1-4H3,(H,25,26). The largest absolute Gasteiger partial charge is 0.496 e. The number of ether oxygens (including phenoxy) is 1. The molecule has 1 unspecified atom stereocenters. The Balaban J connectivity index is 2.30. The average molecular weight is 391 g/mol. The maximum atomic E-state index is 12.4. The smallest absolute Gasteiger partial charge is 0.187 e. The van der Waals surface area contributed by atoms with Crippen molar-refractivity contribution < 1.29 is 13.5 Å². The van der Waals surface area contributed by atoms with E-state index >= 15 is 0 Å². The molecule has 28 heavy (non-hydrogen) atoms. The fraction of sp³-hybridized carbons (Fsp3) is 0.167. The van der Waals surface area contributed by atoms with E-state index in [0.29, 0.717) is 4.90 Å². The molecule has 0 bridgehead atoms. The van der Waals surface area contributed by atoms with Crippen LogP contribution in [0.2, 0.25) is 0 Å². The van der Waals surface area contributed by atoms with Gasteiger partial charge in [0, 0.05) is 11.1 Å². The Bertz CT molecular complexity index is 1260. The summed E-state index contributed by atoms with van der Waals surface area (Å²) in [5.74, 6) is 0.735. The second-order valence-corrected chi connectivity index (χ2v) is 8.10. The topological polar surface area (TPSA) is 46.5 Å². The Labute approximate surface area is 167 Å². The van der Waals surface area contributed by atoms with Crippen LogP contribution in [-0.2, 0) is 11.1 Å². The fourth-order valence-corrected chi connectivity index (χ4v) is 4.82. The summed E-state index contributed by atoms with van der Waals surface area (Å²) >= 11 is -2.13. The van der Waals surface area contributed by atoms with Crippen LogP contribution in [0.1, 0.15) is 16.7 Å². The summed E-state index contributed by atoms with van der Waals surface area (Å²) in [6.45, 7) is 5.96. The zero-order valence-corrected chi connectivity index (χ0v) is 17.2. The minimum absolute atomic E-state index is 0.435. The van der Waals surface area contributed by atoms with E-state index in [1.165, 1.54) is 5.56 Å². The molecule has 1 N–H and O–H groups in total. The van der Waals surface area contributed by atoms with Crippen LogP contribution in [0.3, 0.4) is 0 Å². The van der Waals surface area contributed by atoms with E-state index in [1.54, 1.807) is 7.11 Å². The number of benzene rings is 4. The minimum atomic E-state index is -2.13. The molecule has 4 heteroatoms. The second kappa shape index (κ2) is 7.04. The highest BCUT2D eigenvalue weighted by atomic mass is 32.2. The average Bonchev–Trinajstić information content (AvgIpc) is 2.65. The molecule has 0 fully saturated rings. The molecule has 0 radical (unpaired) electrons. The van der Waals surface area contributed by atoms with Gasteiger partial charge in [-0.2, -0.15) is 0 Å². The van der Waals surface area contributed by atoms with E-state index < -0.39 is 11.1 Å². The van der Waals surface area contributed by atoms with Crippen LogP contribution in [-0.4, -0.2) is 15.9 Å². The van der Waals surface area contributed by atoms with Gasteiger partial charge < -0.3 is 9.29 Å². The molecule has 0 saturated heterocycles. The van der Waals surface area contributed by atoms with Gasteiger partial charge in [0.1, 0.15) is 5.75 Å². The lowest BCUT2D eigenvalue weighted by Crippen LogP contribution is -2.01. The predicted octanol–water partition coefficient (Wildman–Crippen LogP) is 6.17. The van der Waals surface area contributed by atoms with Crippen molar-refractivity contribution in [3.8, 4) is 16.9 Å². The van der Waals surface area contributed by atoms with Gasteiger partial charge in [-0.15, -0.1) is 0 Å². The molecule has 0 aliphatic carbocycles. The first-order valence-electron chi connectivity index (χ1n) is 9.14. The van der Waals surface area contributed by atoms with Crippen molar-refractivity contribution in [1.82, 2.24) is 0 Å². The van der Waals surface area contributed by atoms with Gasteiger partial charge >= 0.3 is 0 Å². The van der Waals surface area contributed by atoms with Gasteiger partial charge in [0.25, 0.3) is 0 Å². The molecular formula is C24H22O3S. The number of aryl methyl sites for hydroxylation is 3. The number of rotatable bonds is 3. The molecule has 0 amide bonds. The van der Waals surface area contributed by atoms with Crippen LogP contribution in [0.25, 0.3) is 32.7 Å². The molecule has 0 aromatic heterocycles. The maximum absolute atomic E-state index is 12.4. The van der Waals surface area contributed by atoms with E-state index in [4.69, 9.17) is 4.74 Å². The van der Waals surface area contributed by atoms with E-state index in [9.17, 15) is 8.76 Å². The summed E-state index contributed by atoms with van der Waals surface area (Å²) in [6, 6.07) is 18.3. The molecule has 4 aromatic rings. The van der Waals surface area contributed by atoms with Crippen molar-refractivity contribution in [3.05, 3.63) is 71.3 Å². The highest BCUT2D eigenvalue weighted by Gasteiger charge is 2.23. The first kappa shape index (κ1) is 18.7. The van der Waals surface area contributed by atoms with Gasteiger partial charge in [-0.1, -0.05) is 54.1 Å². The van der Waals surface area contributed by atoms with Gasteiger partial charge in [0.2, 0.25) is 0 Å². The summed E-state index contributed by atoms with van der Waals surface area (Å²) in [5, 5.41) is 4.08. The summed E-state index contributed by atoms with van der Waals surface area (Å²) in [5.41, 5.74) is 4.60. The number of hydrogen-bond acceptors (Lipinski definition) is 2. The third-order valence-electron chi connectivity index (χ3n) is 5.25. The monoisotopic (exact) mass is 390 g/mol. The lowest BCUT2D eigenvalue weighted by molar-refractivity contribution is 0.414. The van der Waals surface area contributed by atoms with Crippen molar-refractivity contribution in [2.75, 3.05) is 7.11 Å². The number of fused-ring (bicyclic) bond motifs is 2. The maximum Gasteiger partial charge on any atom is 0.187 e. The number of hydrogen-bond donors (Lipinski definition) is 1. The van der Waals surface area contributed by atoms with Gasteiger partial charge in [-0.3, -0.25) is 0 Å². The minimum Gasteiger partial charge on any atom is -0.496 e. The third kappa shape index (κ3) is 2.89. The Morgan fingerprint density at radius 2 is 1.50 bits per heavy atom. The van der Waals surface area contributed by atoms with Crippen molar-refractivity contribution >= 4 is 32.6 Å². The zero-order valence-electron chi connectivity index (χ0n) is 16.4. The van der Waals surface area contributed by atoms with Crippen LogP contribution in [0, 0.1) is 20.8 Å². The SMILES string of the molecule is COc1c(C)cc2cc(C)ccc2c1-c1c(S(=O)O)c(C)cc2ccccc12. The molecule has 0 heterocycles. The first-order valence-corrected chi connectivity index (χ1v) is 10.2. The van der Waals surface area contributed by atoms with Crippen LogP contribution < -0.4 is 4.74 Å². The van der Waals surface area contributed by atoms with Gasteiger partial charge in [-0.25, -0.2) is 4.21 Å². The Hall–Kier alpha value is -2.69. The number of methoxy groups -OCH3 is 1. The lowest BCUT2D eigenvalue weighted by atomic mass is 9.89. The molecule has 0 spiro atoms. The van der Waals surface area contributed by atoms with E-state index in [2.05, 4.69) is 31.2 Å². The Morgan fingerprint density at radius 1 is 0.821 bits per heavy atom. The third-order valence-corrected chi connectivity index (χ3v) is 6.13. The fourth-order valence-electron chi connectivity index (χ4n) is 4.10. The van der Waals surface area contributed by atoms with Crippen LogP contribution in [0.5, 0.6) is 5.75 Å². The van der Waals surface area contributed by atoms with Crippen molar-refractivity contribution in [1.29, 1.82) is 0 Å². The summed E-state index contributed by atoms with van der Waals surface area (Å²) < 4.78 is 28.4. The molecule has 142 valence electrons. The Morgan fingerprint density at radius 3 is 2.21 bits per heavy atom. The summed E-state index contributed by atoms with van der Waals surface area (Å²) in [6.07, 6.45) is 0. The molecule has 3 nitrogen and oxygen atoms in total. The van der Waals surface area contributed by atoms with E-state index in [-0.39, 0.29) is 0 Å². The van der Waals surface area contributed by atoms with Gasteiger partial charge in [-0.05, 0) is 59.5 Å². The highest BCUT2D eigenvalue weighted by molar-refractivity contribution is 7.79. The van der Waals surface area contributed by atoms with Crippen LogP contribution in [0.4, 0.5) is 0 Å². The van der Waals surface area contributed by atoms with Crippen LogP contribution in [0.15, 0.2) is 59.5 Å². The Kier molecular flexibility index (Phi) is 4.69. The van der Waals surface area contributed by atoms with E-state index in [0.717, 1.165) is 49.5 Å². The molecule has 0 aliphatic heterocycles. The van der Waals surface area contributed by atoms with Crippen LogP contribution >= 0.6 is 0 Å².